The van der Waals surface area contributed by atoms with E-state index in [-0.39, 0.29) is 24.4 Å². The zero-order chi connectivity index (χ0) is 31.9. The van der Waals surface area contributed by atoms with Crippen LogP contribution in [0.4, 0.5) is 0 Å². The molecule has 1 aromatic heterocycles. The lowest BCUT2D eigenvalue weighted by atomic mass is 9.76. The number of esters is 1. The number of hydrogen-bond acceptors (Lipinski definition) is 9. The van der Waals surface area contributed by atoms with Crippen molar-refractivity contribution in [3.05, 3.63) is 100 Å². The van der Waals surface area contributed by atoms with Gasteiger partial charge < -0.3 is 28.9 Å². The molecule has 44 heavy (non-hydrogen) atoms. The van der Waals surface area contributed by atoms with Crippen LogP contribution < -0.4 is 10.4 Å². The molecule has 9 nitrogen and oxygen atoms in total. The number of carbonyl (C=O) groups excluding carboxylic acids is 3. The molecule has 2 aromatic carbocycles. The molecule has 2 N–H and O–H groups in total. The van der Waals surface area contributed by atoms with Crippen LogP contribution in [-0.2, 0) is 20.7 Å². The van der Waals surface area contributed by atoms with Crippen LogP contribution in [0.25, 0.3) is 11.0 Å². The molecule has 1 saturated carbocycles. The van der Waals surface area contributed by atoms with Crippen molar-refractivity contribution >= 4 is 29.0 Å². The normalized spacial score (nSPS) is 23.2. The molecule has 0 amide bonds. The standard InChI is InChI=1S/C21H18O5.C14H20O4/c1-21(2,26-20(23)13-6-4-3-5-7-13)18-11-15-10-14-8-9-19(22)25-16(14)12-17(15)24-18;1-2-3-4-5-6-7-10-8-12(16)14(18)13(17)11(10)9-15/h3-10,12,18H,11H2,1-2H3;4-7,9-12,14,16,18H,2-3,8H2,1H3. The van der Waals surface area contributed by atoms with E-state index in [1.807, 2.05) is 38.1 Å². The number of rotatable bonds is 8. The Kier molecular flexibility index (Phi) is 10.7. The Bertz CT molecular complexity index is 1580. The van der Waals surface area contributed by atoms with Gasteiger partial charge in [-0.25, -0.2) is 9.59 Å². The fourth-order valence-corrected chi connectivity index (χ4v) is 5.20. The minimum absolute atomic E-state index is 0.231. The van der Waals surface area contributed by atoms with Crippen LogP contribution in [0.15, 0.2) is 88.1 Å². The van der Waals surface area contributed by atoms with Crippen molar-refractivity contribution in [2.24, 2.45) is 11.8 Å². The summed E-state index contributed by atoms with van der Waals surface area (Å²) in [6, 6.07) is 15.7. The maximum absolute atomic E-state index is 12.4. The molecule has 1 aliphatic heterocycles. The highest BCUT2D eigenvalue weighted by molar-refractivity contribution is 5.97. The number of benzene rings is 2. The van der Waals surface area contributed by atoms with E-state index in [0.717, 1.165) is 23.8 Å². The molecule has 232 valence electrons. The molecule has 1 fully saturated rings. The van der Waals surface area contributed by atoms with E-state index in [1.165, 1.54) is 6.07 Å². The Morgan fingerprint density at radius 3 is 2.52 bits per heavy atom. The number of Topliss-reactive ketones (excluding diaryl/α,β-unsaturated/α-hetero) is 1. The van der Waals surface area contributed by atoms with Crippen LogP contribution in [0.5, 0.6) is 5.75 Å². The largest absolute Gasteiger partial charge is 0.485 e. The summed E-state index contributed by atoms with van der Waals surface area (Å²) in [5.41, 5.74) is 0.766. The molecule has 3 aromatic rings. The van der Waals surface area contributed by atoms with E-state index < -0.39 is 35.1 Å². The number of aliphatic hydroxyl groups is 2. The van der Waals surface area contributed by atoms with Gasteiger partial charge in [0.1, 0.15) is 35.4 Å². The predicted octanol–water partition coefficient (Wildman–Crippen LogP) is 4.76. The summed E-state index contributed by atoms with van der Waals surface area (Å²) in [4.78, 5) is 46.3. The molecule has 5 unspecified atom stereocenters. The number of hydrogen-bond donors (Lipinski definition) is 2. The van der Waals surface area contributed by atoms with Gasteiger partial charge in [-0.05, 0) is 62.4 Å². The Morgan fingerprint density at radius 1 is 1.07 bits per heavy atom. The van der Waals surface area contributed by atoms with Gasteiger partial charge in [-0.1, -0.05) is 55.8 Å². The Morgan fingerprint density at radius 2 is 1.82 bits per heavy atom. The average molecular weight is 603 g/mol. The van der Waals surface area contributed by atoms with E-state index in [2.05, 4.69) is 6.92 Å². The number of aldehydes is 1. The molecule has 0 bridgehead atoms. The second-order valence-electron chi connectivity index (χ2n) is 11.5. The first-order valence-electron chi connectivity index (χ1n) is 14.7. The van der Waals surface area contributed by atoms with Crippen LogP contribution in [0.1, 0.15) is 56.0 Å². The Labute approximate surface area is 255 Å². The summed E-state index contributed by atoms with van der Waals surface area (Å²) in [6.45, 7) is 5.75. The first kappa shape index (κ1) is 32.6. The minimum Gasteiger partial charge on any atom is -0.485 e. The quantitative estimate of drug-likeness (QED) is 0.123. The molecule has 0 spiro atoms. The van der Waals surface area contributed by atoms with Crippen molar-refractivity contribution in [2.45, 2.75) is 70.4 Å². The zero-order valence-corrected chi connectivity index (χ0v) is 25.1. The lowest BCUT2D eigenvalue weighted by molar-refractivity contribution is -0.146. The van der Waals surface area contributed by atoms with Crippen LogP contribution in [0.3, 0.4) is 0 Å². The van der Waals surface area contributed by atoms with E-state index in [4.69, 9.17) is 13.9 Å². The summed E-state index contributed by atoms with van der Waals surface area (Å²) in [7, 11) is 0. The van der Waals surface area contributed by atoms with E-state index in [0.29, 0.717) is 29.6 Å². The first-order valence-corrected chi connectivity index (χ1v) is 14.7. The summed E-state index contributed by atoms with van der Waals surface area (Å²) in [6.07, 6.45) is 8.01. The second kappa shape index (κ2) is 14.4. The predicted molar refractivity (Wildman–Crippen MR) is 164 cm³/mol. The highest BCUT2D eigenvalue weighted by Crippen LogP contribution is 2.37. The Hall–Kier alpha value is -4.34. The fourth-order valence-electron chi connectivity index (χ4n) is 5.20. The second-order valence-corrected chi connectivity index (χ2v) is 11.5. The smallest absolute Gasteiger partial charge is 0.338 e. The molecule has 0 saturated heterocycles. The summed E-state index contributed by atoms with van der Waals surface area (Å²) in [5, 5.41) is 19.8. The van der Waals surface area contributed by atoms with Crippen molar-refractivity contribution in [1.29, 1.82) is 0 Å². The molecular formula is C35H38O9. The lowest BCUT2D eigenvalue weighted by Crippen LogP contribution is -2.47. The highest BCUT2D eigenvalue weighted by Gasteiger charge is 2.41. The molecule has 2 heterocycles. The minimum atomic E-state index is -1.43. The highest BCUT2D eigenvalue weighted by atomic mass is 16.6. The maximum Gasteiger partial charge on any atom is 0.338 e. The van der Waals surface area contributed by atoms with Gasteiger partial charge in [0, 0.05) is 23.9 Å². The number of ether oxygens (including phenoxy) is 2. The van der Waals surface area contributed by atoms with Crippen LogP contribution in [-0.4, -0.2) is 52.2 Å². The average Bonchev–Trinajstić information content (AvgIpc) is 3.43. The lowest BCUT2D eigenvalue weighted by Gasteiger charge is -2.31. The fraction of sp³-hybridized carbons (Fsp3) is 0.371. The van der Waals surface area contributed by atoms with E-state index >= 15 is 0 Å². The molecule has 9 heteroatoms. The number of allylic oxidation sites excluding steroid dienone is 4. The van der Waals surface area contributed by atoms with Gasteiger partial charge in [0.05, 0.1) is 17.6 Å². The van der Waals surface area contributed by atoms with Gasteiger partial charge in [-0.3, -0.25) is 4.79 Å². The van der Waals surface area contributed by atoms with Gasteiger partial charge in [0.15, 0.2) is 5.78 Å². The van der Waals surface area contributed by atoms with Crippen molar-refractivity contribution in [3.63, 3.8) is 0 Å². The maximum atomic E-state index is 12.4. The molecule has 5 rings (SSSR count). The monoisotopic (exact) mass is 602 g/mol. The van der Waals surface area contributed by atoms with Gasteiger partial charge >= 0.3 is 11.6 Å². The third kappa shape index (κ3) is 7.78. The van der Waals surface area contributed by atoms with Crippen molar-refractivity contribution in [2.75, 3.05) is 0 Å². The number of carbonyl (C=O) groups is 3. The summed E-state index contributed by atoms with van der Waals surface area (Å²) in [5.74, 6) is -1.50. The van der Waals surface area contributed by atoms with Crippen LogP contribution in [0, 0.1) is 11.8 Å². The third-order valence-corrected chi connectivity index (χ3v) is 7.78. The topological polar surface area (TPSA) is 140 Å². The zero-order valence-electron chi connectivity index (χ0n) is 25.1. The molecule has 5 atom stereocenters. The summed E-state index contributed by atoms with van der Waals surface area (Å²) >= 11 is 0. The number of aliphatic hydroxyl groups excluding tert-OH is 2. The van der Waals surface area contributed by atoms with E-state index in [1.54, 1.807) is 48.6 Å². The molecule has 2 aliphatic rings. The van der Waals surface area contributed by atoms with Crippen molar-refractivity contribution < 1.29 is 38.5 Å². The third-order valence-electron chi connectivity index (χ3n) is 7.78. The van der Waals surface area contributed by atoms with Gasteiger partial charge in [0.2, 0.25) is 0 Å². The van der Waals surface area contributed by atoms with Gasteiger partial charge in [-0.15, -0.1) is 0 Å². The number of ketones is 1. The SMILES string of the molecule is CC(C)(OC(=O)c1ccccc1)C1Cc2cc3ccc(=O)oc3cc2O1.CCCC=CC=CC1CC(O)C(O)C(=O)C1C=O. The van der Waals surface area contributed by atoms with Crippen LogP contribution in [0.2, 0.25) is 0 Å². The van der Waals surface area contributed by atoms with Gasteiger partial charge in [0.25, 0.3) is 0 Å². The number of unbranched alkanes of at least 4 members (excludes halogenated alkanes) is 1. The molecule has 1 aliphatic carbocycles. The molecule has 0 radical (unpaired) electrons. The first-order chi connectivity index (χ1) is 21.0. The number of fused-ring (bicyclic) bond motifs is 2. The van der Waals surface area contributed by atoms with E-state index in [9.17, 15) is 29.4 Å². The van der Waals surface area contributed by atoms with Crippen molar-refractivity contribution in [1.82, 2.24) is 0 Å². The molecular weight excluding hydrogens is 564 g/mol. The van der Waals surface area contributed by atoms with Gasteiger partial charge in [-0.2, -0.15) is 0 Å². The van der Waals surface area contributed by atoms with Crippen LogP contribution >= 0.6 is 0 Å². The van der Waals surface area contributed by atoms with Crippen molar-refractivity contribution in [3.8, 4) is 5.75 Å². The Balaban J connectivity index is 0.000000217. The summed E-state index contributed by atoms with van der Waals surface area (Å²) < 4.78 is 16.9.